The van der Waals surface area contributed by atoms with Crippen molar-refractivity contribution >= 4 is 13.4 Å². The first-order valence-electron chi connectivity index (χ1n) is 5.72. The number of carbonyl (C=O) groups is 1. The number of hydrogen-bond acceptors (Lipinski definition) is 5. The van der Waals surface area contributed by atoms with Gasteiger partial charge in [-0.25, -0.2) is 0 Å². The molecule has 0 saturated heterocycles. The molecule has 0 rings (SSSR count). The number of aliphatic hydroxyl groups is 1. The van der Waals surface area contributed by atoms with Crippen molar-refractivity contribution in [3.63, 3.8) is 0 Å². The molecule has 0 aliphatic rings. The van der Waals surface area contributed by atoms with Gasteiger partial charge in [-0.15, -0.1) is 0 Å². The highest BCUT2D eigenvalue weighted by Gasteiger charge is 2.32. The lowest BCUT2D eigenvalue weighted by Crippen LogP contribution is -2.30. The quantitative estimate of drug-likeness (QED) is 0.681. The smallest absolute Gasteiger partial charge is 0.337 e. The molecule has 0 aliphatic heterocycles. The summed E-state index contributed by atoms with van der Waals surface area (Å²) in [5, 5.41) is 9.67. The van der Waals surface area contributed by atoms with E-state index in [0.29, 0.717) is 6.42 Å². The van der Waals surface area contributed by atoms with E-state index in [9.17, 15) is 14.5 Å². The van der Waals surface area contributed by atoms with E-state index in [1.807, 2.05) is 6.92 Å². The number of aliphatic hydroxyl groups excluding tert-OH is 1. The summed E-state index contributed by atoms with van der Waals surface area (Å²) in [7, 11) is -0.788. The minimum Gasteiger partial charge on any atom is -0.393 e. The van der Waals surface area contributed by atoms with Crippen molar-refractivity contribution in [3.05, 3.63) is 0 Å². The van der Waals surface area contributed by atoms with Crippen molar-refractivity contribution < 1.29 is 23.5 Å². The molecule has 2 unspecified atom stereocenters. The van der Waals surface area contributed by atoms with Crippen molar-refractivity contribution in [2.75, 3.05) is 20.4 Å². The van der Waals surface area contributed by atoms with Crippen molar-refractivity contribution in [2.45, 2.75) is 33.3 Å². The van der Waals surface area contributed by atoms with Crippen LogP contribution in [0.5, 0.6) is 0 Å². The van der Waals surface area contributed by atoms with Crippen LogP contribution in [-0.2, 0) is 18.4 Å². The molecule has 0 aromatic rings. The largest absolute Gasteiger partial charge is 0.393 e. The van der Waals surface area contributed by atoms with Gasteiger partial charge in [-0.2, -0.15) is 0 Å². The first-order chi connectivity index (χ1) is 7.81. The predicted octanol–water partition coefficient (Wildman–Crippen LogP) is 2.08. The lowest BCUT2D eigenvalue weighted by atomic mass is 9.87. The first kappa shape index (κ1) is 16.8. The molecule has 1 N–H and O–H groups in total. The maximum Gasteiger partial charge on any atom is 0.337 e. The Morgan fingerprint density at radius 1 is 1.29 bits per heavy atom. The van der Waals surface area contributed by atoms with Gasteiger partial charge in [-0.3, -0.25) is 9.36 Å². The summed E-state index contributed by atoms with van der Waals surface area (Å²) in [5.74, 6) is -0.754. The van der Waals surface area contributed by atoms with Crippen molar-refractivity contribution in [1.82, 2.24) is 0 Å². The fourth-order valence-electron chi connectivity index (χ4n) is 1.54. The van der Waals surface area contributed by atoms with E-state index in [-0.39, 0.29) is 23.8 Å². The number of ketones is 1. The third-order valence-electron chi connectivity index (χ3n) is 3.23. The highest BCUT2D eigenvalue weighted by Crippen LogP contribution is 2.46. The van der Waals surface area contributed by atoms with Crippen LogP contribution in [0.25, 0.3) is 0 Å². The molecule has 17 heavy (non-hydrogen) atoms. The van der Waals surface area contributed by atoms with Crippen LogP contribution in [0.15, 0.2) is 0 Å². The highest BCUT2D eigenvalue weighted by molar-refractivity contribution is 7.54. The zero-order valence-corrected chi connectivity index (χ0v) is 12.1. The Kier molecular flexibility index (Phi) is 7.17. The van der Waals surface area contributed by atoms with Gasteiger partial charge in [0.05, 0.1) is 6.10 Å². The molecule has 0 amide bonds. The molecule has 0 radical (unpaired) electrons. The van der Waals surface area contributed by atoms with Gasteiger partial charge in [0.1, 0.15) is 11.9 Å². The molecule has 3 atom stereocenters. The van der Waals surface area contributed by atoms with Gasteiger partial charge in [0, 0.05) is 20.1 Å². The van der Waals surface area contributed by atoms with Crippen LogP contribution in [0.2, 0.25) is 0 Å². The highest BCUT2D eigenvalue weighted by atomic mass is 31.2. The summed E-state index contributed by atoms with van der Waals surface area (Å²) in [4.78, 5) is 11.9. The van der Waals surface area contributed by atoms with Crippen LogP contribution in [0, 0.1) is 11.8 Å². The van der Waals surface area contributed by atoms with Crippen LogP contribution >= 0.6 is 7.60 Å². The normalized spacial score (nSPS) is 17.5. The Hall–Kier alpha value is -0.220. The van der Waals surface area contributed by atoms with E-state index < -0.39 is 13.7 Å². The molecule has 0 fully saturated rings. The zero-order valence-electron chi connectivity index (χ0n) is 11.2. The predicted molar refractivity (Wildman–Crippen MR) is 66.1 cm³/mol. The zero-order chi connectivity index (χ0) is 13.6. The van der Waals surface area contributed by atoms with Crippen LogP contribution in [0.1, 0.15) is 27.2 Å². The maximum atomic E-state index is 11.9. The van der Waals surface area contributed by atoms with E-state index in [1.54, 1.807) is 13.8 Å². The molecule has 0 aliphatic carbocycles. The van der Waals surface area contributed by atoms with Crippen LogP contribution in [0.3, 0.4) is 0 Å². The van der Waals surface area contributed by atoms with Crippen molar-refractivity contribution in [3.8, 4) is 0 Å². The Labute approximate surface area is 103 Å². The maximum absolute atomic E-state index is 11.9. The van der Waals surface area contributed by atoms with E-state index in [4.69, 9.17) is 9.05 Å². The Bertz CT molecular complexity index is 284. The summed E-state index contributed by atoms with van der Waals surface area (Å²) in [6, 6.07) is 0. The van der Waals surface area contributed by atoms with Gasteiger partial charge >= 0.3 is 7.60 Å². The van der Waals surface area contributed by atoms with Gasteiger partial charge in [-0.05, 0) is 12.3 Å². The van der Waals surface area contributed by atoms with E-state index in [2.05, 4.69) is 0 Å². The van der Waals surface area contributed by atoms with Crippen molar-refractivity contribution in [2.24, 2.45) is 11.8 Å². The van der Waals surface area contributed by atoms with Gasteiger partial charge in [0.2, 0.25) is 0 Å². The fourth-order valence-corrected chi connectivity index (χ4v) is 2.61. The first-order valence-corrected chi connectivity index (χ1v) is 7.45. The van der Waals surface area contributed by atoms with E-state index in [0.717, 1.165) is 0 Å². The number of Topliss-reactive ketones (excluding diaryl/α,β-unsaturated/α-hetero) is 1. The monoisotopic (exact) mass is 266 g/mol. The van der Waals surface area contributed by atoms with Gasteiger partial charge in [0.15, 0.2) is 0 Å². The molecule has 0 spiro atoms. The van der Waals surface area contributed by atoms with Gasteiger partial charge in [-0.1, -0.05) is 20.8 Å². The standard InChI is InChI=1S/C11H23O5P/c1-6-10(12)8(2)9(3)11(13)7-17(14,15-4)16-5/h8-10,12H,6-7H2,1-5H3/t8?,9?,10-/m1/s1. The number of rotatable bonds is 8. The lowest BCUT2D eigenvalue weighted by Gasteiger charge is -2.24. The molecule has 102 valence electrons. The molecular weight excluding hydrogens is 243 g/mol. The minimum absolute atomic E-state index is 0.172. The average molecular weight is 266 g/mol. The molecule has 0 saturated carbocycles. The summed E-state index contributed by atoms with van der Waals surface area (Å²) in [6.07, 6.45) is -0.189. The second kappa shape index (κ2) is 7.27. The Morgan fingerprint density at radius 2 is 1.76 bits per heavy atom. The van der Waals surface area contributed by atoms with Crippen molar-refractivity contribution in [1.29, 1.82) is 0 Å². The second-order valence-electron chi connectivity index (χ2n) is 4.22. The molecule has 0 aromatic heterocycles. The molecule has 0 aromatic carbocycles. The summed E-state index contributed by atoms with van der Waals surface area (Å²) >= 11 is 0. The van der Waals surface area contributed by atoms with Crippen LogP contribution in [-0.4, -0.2) is 37.4 Å². The Balaban J connectivity index is 4.56. The lowest BCUT2D eigenvalue weighted by molar-refractivity contribution is -0.123. The number of carbonyl (C=O) groups excluding carboxylic acids is 1. The second-order valence-corrected chi connectivity index (χ2v) is 6.49. The van der Waals surface area contributed by atoms with E-state index in [1.165, 1.54) is 14.2 Å². The van der Waals surface area contributed by atoms with Crippen LogP contribution < -0.4 is 0 Å². The van der Waals surface area contributed by atoms with E-state index >= 15 is 0 Å². The third-order valence-corrected chi connectivity index (χ3v) is 5.04. The molecule has 0 bridgehead atoms. The molecule has 6 heteroatoms. The summed E-state index contributed by atoms with van der Waals surface area (Å²) in [6.45, 7) is 5.39. The fraction of sp³-hybridized carbons (Fsp3) is 0.909. The minimum atomic E-state index is -3.30. The topological polar surface area (TPSA) is 72.8 Å². The Morgan fingerprint density at radius 3 is 2.12 bits per heavy atom. The van der Waals surface area contributed by atoms with Crippen LogP contribution in [0.4, 0.5) is 0 Å². The SMILES string of the molecule is CC[C@@H](O)C(C)C(C)C(=O)CP(=O)(OC)OC. The van der Waals surface area contributed by atoms with Gasteiger partial charge < -0.3 is 14.2 Å². The average Bonchev–Trinajstić information content (AvgIpc) is 2.35. The summed E-state index contributed by atoms with van der Waals surface area (Å²) in [5.41, 5.74) is 0. The number of hydrogen-bond donors (Lipinski definition) is 1. The van der Waals surface area contributed by atoms with Gasteiger partial charge in [0.25, 0.3) is 0 Å². The molecular formula is C11H23O5P. The third kappa shape index (κ3) is 4.88. The molecule has 5 nitrogen and oxygen atoms in total. The molecule has 0 heterocycles. The summed E-state index contributed by atoms with van der Waals surface area (Å²) < 4.78 is 21.2.